The second-order valence-corrected chi connectivity index (χ2v) is 5.95. The average Bonchev–Trinajstić information content (AvgIpc) is 2.32. The molecule has 2 rings (SSSR count). The molecule has 0 N–H and O–H groups in total. The number of Topliss-reactive ketones (excluding diaryl/α,β-unsaturated/α-hetero) is 1. The van der Waals surface area contributed by atoms with Crippen molar-refractivity contribution < 1.29 is 9.18 Å². The van der Waals surface area contributed by atoms with Crippen LogP contribution in [0.1, 0.15) is 15.9 Å². The van der Waals surface area contributed by atoms with E-state index in [4.69, 9.17) is 0 Å². The van der Waals surface area contributed by atoms with E-state index in [9.17, 15) is 9.18 Å². The highest BCUT2D eigenvalue weighted by molar-refractivity contribution is 14.1. The van der Waals surface area contributed by atoms with Gasteiger partial charge in [-0.05, 0) is 74.4 Å². The van der Waals surface area contributed by atoms with Gasteiger partial charge in [-0.15, -0.1) is 0 Å². The smallest absolute Gasteiger partial charge is 0.168 e. The Kier molecular flexibility index (Phi) is 4.50. The molecule has 0 aliphatic carbocycles. The Hall–Kier alpha value is -0.750. The van der Waals surface area contributed by atoms with Gasteiger partial charge >= 0.3 is 0 Å². The van der Waals surface area contributed by atoms with Crippen LogP contribution in [0.3, 0.4) is 0 Å². The molecular weight excluding hydrogens is 410 g/mol. The lowest BCUT2D eigenvalue weighted by Crippen LogP contribution is -2.04. The fraction of sp³-hybridized carbons (Fsp3) is 0.0714. The van der Waals surface area contributed by atoms with Crippen LogP contribution >= 0.6 is 38.5 Å². The zero-order valence-corrected chi connectivity index (χ0v) is 13.0. The minimum Gasteiger partial charge on any atom is -0.294 e. The van der Waals surface area contributed by atoms with Crippen LogP contribution in [0.4, 0.5) is 4.39 Å². The van der Waals surface area contributed by atoms with Crippen LogP contribution in [0.2, 0.25) is 0 Å². The molecule has 0 heterocycles. The van der Waals surface area contributed by atoms with E-state index in [2.05, 4.69) is 38.5 Å². The van der Waals surface area contributed by atoms with Crippen LogP contribution < -0.4 is 0 Å². The normalized spacial score (nSPS) is 10.4. The lowest BCUT2D eigenvalue weighted by molar-refractivity contribution is 0.0992. The van der Waals surface area contributed by atoms with Crippen molar-refractivity contribution in [3.8, 4) is 0 Å². The van der Waals surface area contributed by atoms with E-state index in [1.165, 1.54) is 18.2 Å². The van der Waals surface area contributed by atoms with Crippen molar-refractivity contribution >= 4 is 44.3 Å². The molecule has 0 fully saturated rings. The van der Waals surface area contributed by atoms with Crippen LogP contribution in [0.5, 0.6) is 0 Å². The Morgan fingerprint density at radius 2 is 1.83 bits per heavy atom. The molecule has 0 saturated carbocycles. The number of benzene rings is 2. The number of halogens is 3. The number of rotatable bonds is 3. The van der Waals surface area contributed by atoms with Crippen molar-refractivity contribution in [2.24, 2.45) is 0 Å². The highest BCUT2D eigenvalue weighted by Crippen LogP contribution is 2.20. The maximum Gasteiger partial charge on any atom is 0.168 e. The molecule has 0 atom stereocenters. The van der Waals surface area contributed by atoms with Gasteiger partial charge in [-0.25, -0.2) is 4.39 Å². The highest BCUT2D eigenvalue weighted by atomic mass is 127. The van der Waals surface area contributed by atoms with Gasteiger partial charge in [0.05, 0.1) is 0 Å². The fourth-order valence-corrected chi connectivity index (χ4v) is 2.53. The van der Waals surface area contributed by atoms with Crippen molar-refractivity contribution in [3.63, 3.8) is 0 Å². The van der Waals surface area contributed by atoms with Crippen LogP contribution in [-0.4, -0.2) is 5.78 Å². The third kappa shape index (κ3) is 3.38. The molecule has 0 amide bonds. The standard InChI is InChI=1S/C14H9BrFIO/c15-13-8-10(16)3-6-12(13)14(18)7-9-1-4-11(17)5-2-9/h1-6,8H,7H2. The highest BCUT2D eigenvalue weighted by Gasteiger charge is 2.11. The molecule has 18 heavy (non-hydrogen) atoms. The van der Waals surface area contributed by atoms with Gasteiger partial charge < -0.3 is 0 Å². The molecule has 2 aromatic carbocycles. The fourth-order valence-electron chi connectivity index (χ4n) is 1.60. The second-order valence-electron chi connectivity index (χ2n) is 3.85. The third-order valence-electron chi connectivity index (χ3n) is 2.51. The van der Waals surface area contributed by atoms with E-state index >= 15 is 0 Å². The topological polar surface area (TPSA) is 17.1 Å². The second kappa shape index (κ2) is 5.93. The molecule has 92 valence electrons. The summed E-state index contributed by atoms with van der Waals surface area (Å²) in [5.41, 5.74) is 1.46. The number of carbonyl (C=O) groups excluding carboxylic acids is 1. The first-order valence-corrected chi connectivity index (χ1v) is 7.16. The summed E-state index contributed by atoms with van der Waals surface area (Å²) in [4.78, 5) is 12.1. The van der Waals surface area contributed by atoms with E-state index in [1.54, 1.807) is 0 Å². The number of hydrogen-bond donors (Lipinski definition) is 0. The first-order valence-electron chi connectivity index (χ1n) is 5.29. The van der Waals surface area contributed by atoms with Crippen molar-refractivity contribution in [2.45, 2.75) is 6.42 Å². The summed E-state index contributed by atoms with van der Waals surface area (Å²) in [6, 6.07) is 11.9. The van der Waals surface area contributed by atoms with Gasteiger partial charge in [0, 0.05) is 20.0 Å². The van der Waals surface area contributed by atoms with Gasteiger partial charge in [-0.2, -0.15) is 0 Å². The number of carbonyl (C=O) groups is 1. The lowest BCUT2D eigenvalue weighted by Gasteiger charge is -2.04. The van der Waals surface area contributed by atoms with E-state index in [-0.39, 0.29) is 11.6 Å². The summed E-state index contributed by atoms with van der Waals surface area (Å²) < 4.78 is 14.6. The maximum absolute atomic E-state index is 12.9. The zero-order chi connectivity index (χ0) is 13.1. The van der Waals surface area contributed by atoms with Gasteiger partial charge in [0.25, 0.3) is 0 Å². The van der Waals surface area contributed by atoms with Gasteiger partial charge in [0.15, 0.2) is 5.78 Å². The predicted molar refractivity (Wildman–Crippen MR) is 81.3 cm³/mol. The Morgan fingerprint density at radius 1 is 1.17 bits per heavy atom. The maximum atomic E-state index is 12.9. The lowest BCUT2D eigenvalue weighted by atomic mass is 10.0. The molecule has 0 radical (unpaired) electrons. The third-order valence-corrected chi connectivity index (χ3v) is 3.88. The molecule has 0 spiro atoms. The summed E-state index contributed by atoms with van der Waals surface area (Å²) in [6.45, 7) is 0. The van der Waals surface area contributed by atoms with E-state index in [0.717, 1.165) is 9.13 Å². The largest absolute Gasteiger partial charge is 0.294 e. The van der Waals surface area contributed by atoms with Gasteiger partial charge in [0.1, 0.15) is 5.82 Å². The molecule has 1 nitrogen and oxygen atoms in total. The zero-order valence-electron chi connectivity index (χ0n) is 9.29. The minimum atomic E-state index is -0.354. The van der Waals surface area contributed by atoms with Crippen molar-refractivity contribution in [3.05, 3.63) is 67.5 Å². The van der Waals surface area contributed by atoms with E-state index in [1.807, 2.05) is 24.3 Å². The molecule has 0 aromatic heterocycles. The minimum absolute atomic E-state index is 0.0249. The average molecular weight is 419 g/mol. The monoisotopic (exact) mass is 418 g/mol. The molecule has 0 aliphatic heterocycles. The molecular formula is C14H9BrFIO. The first-order chi connectivity index (χ1) is 8.56. The van der Waals surface area contributed by atoms with Crippen molar-refractivity contribution in [1.29, 1.82) is 0 Å². The molecule has 0 bridgehead atoms. The molecule has 0 saturated heterocycles. The van der Waals surface area contributed by atoms with Crippen LogP contribution in [0.15, 0.2) is 46.9 Å². The molecule has 2 aromatic rings. The quantitative estimate of drug-likeness (QED) is 0.525. The first kappa shape index (κ1) is 13.7. The van der Waals surface area contributed by atoms with Gasteiger partial charge in [-0.3, -0.25) is 4.79 Å². The predicted octanol–water partition coefficient (Wildman–Crippen LogP) is 4.62. The Bertz CT molecular complexity index is 581. The van der Waals surface area contributed by atoms with Gasteiger partial charge in [-0.1, -0.05) is 12.1 Å². The van der Waals surface area contributed by atoms with Crippen LogP contribution in [-0.2, 0) is 6.42 Å². The Labute approximate surface area is 127 Å². The van der Waals surface area contributed by atoms with Crippen LogP contribution in [0.25, 0.3) is 0 Å². The van der Waals surface area contributed by atoms with E-state index in [0.29, 0.717) is 16.5 Å². The Balaban J connectivity index is 2.19. The number of ketones is 1. The molecule has 4 heteroatoms. The Morgan fingerprint density at radius 3 is 2.44 bits per heavy atom. The summed E-state index contributed by atoms with van der Waals surface area (Å²) in [6.07, 6.45) is 0.321. The molecule has 0 aliphatic rings. The van der Waals surface area contributed by atoms with Gasteiger partial charge in [0.2, 0.25) is 0 Å². The molecule has 0 unspecified atom stereocenters. The number of hydrogen-bond acceptors (Lipinski definition) is 1. The summed E-state index contributed by atoms with van der Waals surface area (Å²) in [5, 5.41) is 0. The summed E-state index contributed by atoms with van der Waals surface area (Å²) in [7, 11) is 0. The summed E-state index contributed by atoms with van der Waals surface area (Å²) >= 11 is 5.43. The summed E-state index contributed by atoms with van der Waals surface area (Å²) in [5.74, 6) is -0.379. The SMILES string of the molecule is O=C(Cc1ccc(I)cc1)c1ccc(F)cc1Br. The van der Waals surface area contributed by atoms with Crippen molar-refractivity contribution in [1.82, 2.24) is 0 Å². The van der Waals surface area contributed by atoms with E-state index < -0.39 is 0 Å². The van der Waals surface area contributed by atoms with Crippen LogP contribution in [0, 0.1) is 9.39 Å². The van der Waals surface area contributed by atoms with Crippen molar-refractivity contribution in [2.75, 3.05) is 0 Å².